The molecule has 0 amide bonds. The lowest BCUT2D eigenvalue weighted by molar-refractivity contribution is 0.559. The van der Waals surface area contributed by atoms with Crippen LogP contribution in [-0.2, 0) is 4.79 Å². The van der Waals surface area contributed by atoms with Crippen molar-refractivity contribution in [3.8, 4) is 5.69 Å². The van der Waals surface area contributed by atoms with Gasteiger partial charge in [-0.3, -0.25) is 4.79 Å². The summed E-state index contributed by atoms with van der Waals surface area (Å²) in [6.07, 6.45) is 3.55. The van der Waals surface area contributed by atoms with Crippen molar-refractivity contribution in [2.45, 2.75) is 6.92 Å². The van der Waals surface area contributed by atoms with Crippen molar-refractivity contribution in [2.24, 2.45) is 0 Å². The highest BCUT2D eigenvalue weighted by Gasteiger charge is 2.07. The Kier molecular flexibility index (Phi) is 2.14. The number of para-hydroxylation sites is 1. The number of rotatable bonds is 2. The standard InChI is InChI=1S/C11H9N2O/c1-9-7-12-13(11(9)8-14)10-5-3-2-4-6-10/h2-7H,1H3. The minimum Gasteiger partial charge on any atom is -0.283 e. The van der Waals surface area contributed by atoms with Crippen molar-refractivity contribution >= 4 is 6.29 Å². The van der Waals surface area contributed by atoms with Gasteiger partial charge in [0.05, 0.1) is 11.9 Å². The van der Waals surface area contributed by atoms with E-state index in [1.807, 2.05) is 43.5 Å². The molecule has 69 valence electrons. The lowest BCUT2D eigenvalue weighted by atomic mass is 10.3. The van der Waals surface area contributed by atoms with Crippen LogP contribution in [-0.4, -0.2) is 16.1 Å². The average Bonchev–Trinajstić information content (AvgIpc) is 2.61. The first-order valence-corrected chi connectivity index (χ1v) is 4.31. The summed E-state index contributed by atoms with van der Waals surface area (Å²) in [5.74, 6) is 0. The monoisotopic (exact) mass is 185 g/mol. The molecule has 1 aromatic heterocycles. The Morgan fingerprint density at radius 1 is 1.29 bits per heavy atom. The van der Waals surface area contributed by atoms with Gasteiger partial charge in [-0.15, -0.1) is 0 Å². The van der Waals surface area contributed by atoms with Gasteiger partial charge >= 0.3 is 0 Å². The molecule has 0 aliphatic rings. The maximum atomic E-state index is 10.7. The van der Waals surface area contributed by atoms with E-state index in [0.717, 1.165) is 11.3 Å². The van der Waals surface area contributed by atoms with Gasteiger partial charge in [0.15, 0.2) is 0 Å². The molecule has 1 aromatic carbocycles. The molecule has 0 aliphatic carbocycles. The van der Waals surface area contributed by atoms with E-state index in [4.69, 9.17) is 0 Å². The second-order valence-electron chi connectivity index (χ2n) is 3.03. The van der Waals surface area contributed by atoms with Gasteiger partial charge in [0.2, 0.25) is 0 Å². The van der Waals surface area contributed by atoms with E-state index in [0.29, 0.717) is 5.69 Å². The highest BCUT2D eigenvalue weighted by Crippen LogP contribution is 2.11. The SMILES string of the molecule is Cc1cnn(-c2ccccc2)c1[C]=O. The number of nitrogens with zero attached hydrogens (tertiary/aromatic N) is 2. The molecule has 0 unspecified atom stereocenters. The van der Waals surface area contributed by atoms with Crippen LogP contribution in [0.1, 0.15) is 11.3 Å². The maximum Gasteiger partial charge on any atom is 0.253 e. The largest absolute Gasteiger partial charge is 0.283 e. The Hall–Kier alpha value is -1.90. The Morgan fingerprint density at radius 2 is 2.00 bits per heavy atom. The van der Waals surface area contributed by atoms with Gasteiger partial charge < -0.3 is 0 Å². The predicted molar refractivity (Wildman–Crippen MR) is 53.1 cm³/mol. The van der Waals surface area contributed by atoms with Crippen molar-refractivity contribution in [3.63, 3.8) is 0 Å². The molecule has 0 atom stereocenters. The zero-order valence-corrected chi connectivity index (χ0v) is 7.77. The second-order valence-corrected chi connectivity index (χ2v) is 3.03. The topological polar surface area (TPSA) is 34.9 Å². The Balaban J connectivity index is 2.57. The van der Waals surface area contributed by atoms with Gasteiger partial charge in [-0.25, -0.2) is 4.68 Å². The third-order valence-corrected chi connectivity index (χ3v) is 2.05. The third kappa shape index (κ3) is 1.33. The Labute approximate surface area is 82.0 Å². The summed E-state index contributed by atoms with van der Waals surface area (Å²) < 4.78 is 1.59. The fourth-order valence-electron chi connectivity index (χ4n) is 1.32. The molecular weight excluding hydrogens is 176 g/mol. The van der Waals surface area contributed by atoms with Gasteiger partial charge in [-0.1, -0.05) is 18.2 Å². The van der Waals surface area contributed by atoms with Crippen molar-refractivity contribution in [2.75, 3.05) is 0 Å². The third-order valence-electron chi connectivity index (χ3n) is 2.05. The lowest BCUT2D eigenvalue weighted by Gasteiger charge is -2.01. The van der Waals surface area contributed by atoms with Gasteiger partial charge in [0.25, 0.3) is 6.29 Å². The molecule has 0 saturated carbocycles. The van der Waals surface area contributed by atoms with E-state index in [9.17, 15) is 4.79 Å². The lowest BCUT2D eigenvalue weighted by Crippen LogP contribution is -2.01. The summed E-state index contributed by atoms with van der Waals surface area (Å²) in [7, 11) is 0. The molecule has 0 spiro atoms. The summed E-state index contributed by atoms with van der Waals surface area (Å²) in [5.41, 5.74) is 2.19. The summed E-state index contributed by atoms with van der Waals surface area (Å²) in [5, 5.41) is 4.11. The zero-order valence-electron chi connectivity index (χ0n) is 7.77. The van der Waals surface area contributed by atoms with Crippen LogP contribution in [0.2, 0.25) is 0 Å². The summed E-state index contributed by atoms with van der Waals surface area (Å²) in [4.78, 5) is 10.7. The van der Waals surface area contributed by atoms with Crippen LogP contribution >= 0.6 is 0 Å². The minimum atomic E-state index is 0.483. The average molecular weight is 185 g/mol. The number of hydrogen-bond acceptors (Lipinski definition) is 2. The molecule has 14 heavy (non-hydrogen) atoms. The van der Waals surface area contributed by atoms with Crippen LogP contribution in [0.4, 0.5) is 0 Å². The quantitative estimate of drug-likeness (QED) is 0.712. The summed E-state index contributed by atoms with van der Waals surface area (Å²) in [6.45, 7) is 1.84. The van der Waals surface area contributed by atoms with E-state index < -0.39 is 0 Å². The van der Waals surface area contributed by atoms with Crippen molar-refractivity contribution in [3.05, 3.63) is 47.8 Å². The number of aryl methyl sites for hydroxylation is 1. The van der Waals surface area contributed by atoms with Crippen LogP contribution < -0.4 is 0 Å². The van der Waals surface area contributed by atoms with Crippen LogP contribution in [0.15, 0.2) is 36.5 Å². The van der Waals surface area contributed by atoms with E-state index in [2.05, 4.69) is 5.10 Å². The molecule has 0 saturated heterocycles. The molecule has 0 fully saturated rings. The maximum absolute atomic E-state index is 10.7. The molecule has 1 heterocycles. The van der Waals surface area contributed by atoms with Gasteiger partial charge in [0, 0.05) is 0 Å². The van der Waals surface area contributed by atoms with E-state index in [-0.39, 0.29) is 0 Å². The highest BCUT2D eigenvalue weighted by molar-refractivity contribution is 5.76. The minimum absolute atomic E-state index is 0.483. The summed E-state index contributed by atoms with van der Waals surface area (Å²) >= 11 is 0. The molecule has 3 nitrogen and oxygen atoms in total. The highest BCUT2D eigenvalue weighted by atomic mass is 16.1. The fraction of sp³-hybridized carbons (Fsp3) is 0.0909. The van der Waals surface area contributed by atoms with Crippen molar-refractivity contribution < 1.29 is 4.79 Å². The molecule has 2 aromatic rings. The molecule has 2 rings (SSSR count). The van der Waals surface area contributed by atoms with Crippen molar-refractivity contribution in [1.29, 1.82) is 0 Å². The van der Waals surface area contributed by atoms with E-state index >= 15 is 0 Å². The molecule has 0 bridgehead atoms. The number of hydrogen-bond donors (Lipinski definition) is 0. The number of aromatic nitrogens is 2. The van der Waals surface area contributed by atoms with Gasteiger partial charge in [-0.2, -0.15) is 5.10 Å². The Bertz CT molecular complexity index is 446. The first kappa shape index (κ1) is 8.69. The first-order chi connectivity index (χ1) is 6.83. The smallest absolute Gasteiger partial charge is 0.253 e. The number of carbonyl (C=O) groups excluding carboxylic acids is 1. The number of benzene rings is 1. The van der Waals surface area contributed by atoms with E-state index in [1.54, 1.807) is 10.9 Å². The molecule has 1 radical (unpaired) electrons. The fourth-order valence-corrected chi connectivity index (χ4v) is 1.32. The zero-order chi connectivity index (χ0) is 9.97. The summed E-state index contributed by atoms with van der Waals surface area (Å²) in [6, 6.07) is 9.52. The van der Waals surface area contributed by atoms with Crippen LogP contribution in [0.25, 0.3) is 5.69 Å². The molecule has 0 aliphatic heterocycles. The van der Waals surface area contributed by atoms with E-state index in [1.165, 1.54) is 0 Å². The van der Waals surface area contributed by atoms with Crippen LogP contribution in [0, 0.1) is 6.92 Å². The normalized spacial score (nSPS) is 10.1. The second kappa shape index (κ2) is 3.46. The van der Waals surface area contributed by atoms with Crippen LogP contribution in [0.5, 0.6) is 0 Å². The van der Waals surface area contributed by atoms with Gasteiger partial charge in [-0.05, 0) is 24.6 Å². The Morgan fingerprint density at radius 3 is 2.64 bits per heavy atom. The van der Waals surface area contributed by atoms with Gasteiger partial charge in [0.1, 0.15) is 5.69 Å². The molecule has 0 N–H and O–H groups in total. The van der Waals surface area contributed by atoms with Crippen molar-refractivity contribution in [1.82, 2.24) is 9.78 Å². The van der Waals surface area contributed by atoms with Crippen LogP contribution in [0.3, 0.4) is 0 Å². The first-order valence-electron chi connectivity index (χ1n) is 4.31. The molecule has 3 heteroatoms. The molecular formula is C11H9N2O. The predicted octanol–water partition coefficient (Wildman–Crippen LogP) is 1.64.